The van der Waals surface area contributed by atoms with Gasteiger partial charge in [-0.1, -0.05) is 48.6 Å². The first-order valence-electron chi connectivity index (χ1n) is 6.22. The third kappa shape index (κ3) is 2.06. The molecular weight excluding hydrogens is 252 g/mol. The summed E-state index contributed by atoms with van der Waals surface area (Å²) in [5.74, 6) is 0. The highest BCUT2D eigenvalue weighted by atomic mass is 32.1. The summed E-state index contributed by atoms with van der Waals surface area (Å²) in [6.07, 6.45) is 0. The van der Waals surface area contributed by atoms with Crippen molar-refractivity contribution in [2.24, 2.45) is 0 Å². The van der Waals surface area contributed by atoms with E-state index in [1.54, 1.807) is 0 Å². The molecule has 3 aromatic rings. The number of benzene rings is 2. The summed E-state index contributed by atoms with van der Waals surface area (Å²) in [6.45, 7) is 4.09. The van der Waals surface area contributed by atoms with Crippen LogP contribution in [0.2, 0.25) is 0 Å². The summed E-state index contributed by atoms with van der Waals surface area (Å²) in [7, 11) is 0. The van der Waals surface area contributed by atoms with Crippen molar-refractivity contribution in [2.45, 2.75) is 13.8 Å². The molecule has 0 fully saturated rings. The zero-order valence-corrected chi connectivity index (χ0v) is 11.7. The molecule has 3 rings (SSSR count). The maximum Gasteiger partial charge on any atom is 0.122 e. The second kappa shape index (κ2) is 4.59. The second-order valence-electron chi connectivity index (χ2n) is 4.71. The average Bonchev–Trinajstić information content (AvgIpc) is 2.44. The Balaban J connectivity index is 2.25. The van der Waals surface area contributed by atoms with Gasteiger partial charge in [-0.15, -0.1) is 0 Å². The van der Waals surface area contributed by atoms with Crippen molar-refractivity contribution in [2.75, 3.05) is 0 Å². The summed E-state index contributed by atoms with van der Waals surface area (Å²) in [5.41, 5.74) is 4.31. The quantitative estimate of drug-likeness (QED) is 0.653. The van der Waals surface area contributed by atoms with E-state index in [9.17, 15) is 0 Å². The van der Waals surface area contributed by atoms with Crippen LogP contribution in [-0.4, -0.2) is 10.2 Å². The van der Waals surface area contributed by atoms with Gasteiger partial charge < -0.3 is 0 Å². The smallest absolute Gasteiger partial charge is 0.122 e. The van der Waals surface area contributed by atoms with E-state index in [4.69, 9.17) is 12.2 Å². The zero-order valence-electron chi connectivity index (χ0n) is 10.9. The standard InChI is InChI=1S/C16H14N2S/c1-10-11(2)16(19)18-17-15(10)14-8-7-12-5-3-4-6-13(12)9-14/h3-9H,1-2H3,(H,18,19). The van der Waals surface area contributed by atoms with E-state index in [0.717, 1.165) is 22.4 Å². The third-order valence-electron chi connectivity index (χ3n) is 3.55. The lowest BCUT2D eigenvalue weighted by molar-refractivity contribution is 0.987. The maximum absolute atomic E-state index is 5.21. The Labute approximate surface area is 117 Å². The minimum absolute atomic E-state index is 0.710. The van der Waals surface area contributed by atoms with Gasteiger partial charge in [0.1, 0.15) is 4.64 Å². The molecule has 0 saturated carbocycles. The number of fused-ring (bicyclic) bond motifs is 1. The lowest BCUT2D eigenvalue weighted by atomic mass is 10.0. The number of hydrogen-bond acceptors (Lipinski definition) is 2. The molecule has 1 N–H and O–H groups in total. The predicted octanol–water partition coefficient (Wildman–Crippen LogP) is 4.58. The fourth-order valence-electron chi connectivity index (χ4n) is 2.24. The molecule has 0 saturated heterocycles. The van der Waals surface area contributed by atoms with E-state index in [1.807, 2.05) is 6.92 Å². The lowest BCUT2D eigenvalue weighted by Crippen LogP contribution is -1.96. The van der Waals surface area contributed by atoms with E-state index in [0.29, 0.717) is 4.64 Å². The molecule has 2 aromatic carbocycles. The summed E-state index contributed by atoms with van der Waals surface area (Å²) >= 11 is 5.21. The van der Waals surface area contributed by atoms with Crippen LogP contribution in [0.5, 0.6) is 0 Å². The van der Waals surface area contributed by atoms with E-state index in [1.165, 1.54) is 10.8 Å². The number of nitrogens with one attached hydrogen (secondary N) is 1. The van der Waals surface area contributed by atoms with Crippen molar-refractivity contribution in [3.8, 4) is 11.3 Å². The molecule has 2 nitrogen and oxygen atoms in total. The van der Waals surface area contributed by atoms with E-state index < -0.39 is 0 Å². The van der Waals surface area contributed by atoms with E-state index >= 15 is 0 Å². The molecular formula is C16H14N2S. The van der Waals surface area contributed by atoms with Crippen LogP contribution in [0.1, 0.15) is 11.1 Å². The maximum atomic E-state index is 5.21. The van der Waals surface area contributed by atoms with Crippen LogP contribution in [0.4, 0.5) is 0 Å². The summed E-state index contributed by atoms with van der Waals surface area (Å²) in [6, 6.07) is 14.7. The number of aromatic amines is 1. The number of H-pyrrole nitrogens is 1. The van der Waals surface area contributed by atoms with Crippen molar-refractivity contribution >= 4 is 23.0 Å². The van der Waals surface area contributed by atoms with Gasteiger partial charge >= 0.3 is 0 Å². The topological polar surface area (TPSA) is 28.7 Å². The van der Waals surface area contributed by atoms with Crippen molar-refractivity contribution in [3.63, 3.8) is 0 Å². The van der Waals surface area contributed by atoms with Gasteiger partial charge in [0, 0.05) is 5.56 Å². The first-order valence-corrected chi connectivity index (χ1v) is 6.62. The van der Waals surface area contributed by atoms with Gasteiger partial charge in [-0.25, -0.2) is 0 Å². The highest BCUT2D eigenvalue weighted by Crippen LogP contribution is 2.26. The Bertz CT molecular complexity index is 818. The van der Waals surface area contributed by atoms with Crippen LogP contribution >= 0.6 is 12.2 Å². The molecule has 0 bridgehead atoms. The summed E-state index contributed by atoms with van der Waals surface area (Å²) in [5, 5.41) is 9.77. The monoisotopic (exact) mass is 266 g/mol. The van der Waals surface area contributed by atoms with Crippen LogP contribution < -0.4 is 0 Å². The van der Waals surface area contributed by atoms with Gasteiger partial charge in [-0.05, 0) is 41.8 Å². The fourth-order valence-corrected chi connectivity index (χ4v) is 2.44. The van der Waals surface area contributed by atoms with Crippen LogP contribution in [-0.2, 0) is 0 Å². The van der Waals surface area contributed by atoms with Gasteiger partial charge in [0.05, 0.1) is 5.69 Å². The van der Waals surface area contributed by atoms with Crippen LogP contribution in [0.3, 0.4) is 0 Å². The minimum atomic E-state index is 0.710. The van der Waals surface area contributed by atoms with E-state index in [-0.39, 0.29) is 0 Å². The molecule has 1 aromatic heterocycles. The normalized spacial score (nSPS) is 10.8. The van der Waals surface area contributed by atoms with E-state index in [2.05, 4.69) is 59.6 Å². The van der Waals surface area contributed by atoms with Crippen molar-refractivity contribution in [3.05, 3.63) is 58.2 Å². The molecule has 0 atom stereocenters. The van der Waals surface area contributed by atoms with Gasteiger partial charge in [0.15, 0.2) is 0 Å². The van der Waals surface area contributed by atoms with Crippen molar-refractivity contribution in [1.29, 1.82) is 0 Å². The van der Waals surface area contributed by atoms with Gasteiger partial charge in [0.25, 0.3) is 0 Å². The number of rotatable bonds is 1. The number of hydrogen-bond donors (Lipinski definition) is 1. The molecule has 0 radical (unpaired) electrons. The van der Waals surface area contributed by atoms with Gasteiger partial charge in [0.2, 0.25) is 0 Å². The van der Waals surface area contributed by atoms with Crippen molar-refractivity contribution in [1.82, 2.24) is 10.2 Å². The molecule has 0 aliphatic heterocycles. The molecule has 3 heteroatoms. The molecule has 0 amide bonds. The highest BCUT2D eigenvalue weighted by Gasteiger charge is 2.07. The largest absolute Gasteiger partial charge is 0.267 e. The van der Waals surface area contributed by atoms with Gasteiger partial charge in [-0.3, -0.25) is 5.10 Å². The Morgan fingerprint density at radius 2 is 1.68 bits per heavy atom. The molecule has 0 aliphatic rings. The van der Waals surface area contributed by atoms with Crippen molar-refractivity contribution < 1.29 is 0 Å². The first-order chi connectivity index (χ1) is 9.16. The molecule has 1 heterocycles. The lowest BCUT2D eigenvalue weighted by Gasteiger charge is -2.08. The predicted molar refractivity (Wildman–Crippen MR) is 81.8 cm³/mol. The molecule has 19 heavy (non-hydrogen) atoms. The SMILES string of the molecule is Cc1c(-c2ccc3ccccc3c2)n[nH]c(=S)c1C. The molecule has 0 spiro atoms. The zero-order chi connectivity index (χ0) is 13.4. The molecule has 0 unspecified atom stereocenters. The van der Waals surface area contributed by atoms with Crippen LogP contribution in [0.25, 0.3) is 22.0 Å². The Hall–Kier alpha value is -2.00. The summed E-state index contributed by atoms with van der Waals surface area (Å²) in [4.78, 5) is 0. The van der Waals surface area contributed by atoms with Crippen LogP contribution in [0.15, 0.2) is 42.5 Å². The molecule has 94 valence electrons. The second-order valence-corrected chi connectivity index (χ2v) is 5.12. The third-order valence-corrected chi connectivity index (χ3v) is 3.95. The Morgan fingerprint density at radius 3 is 2.47 bits per heavy atom. The average molecular weight is 266 g/mol. The fraction of sp³-hybridized carbons (Fsp3) is 0.125. The Kier molecular flexibility index (Phi) is 2.91. The summed E-state index contributed by atoms with van der Waals surface area (Å²) < 4.78 is 0.710. The Morgan fingerprint density at radius 1 is 0.947 bits per heavy atom. The number of nitrogens with zero attached hydrogens (tertiary/aromatic N) is 1. The first kappa shape index (κ1) is 12.1. The van der Waals surface area contributed by atoms with Gasteiger partial charge in [-0.2, -0.15) is 5.10 Å². The number of aromatic nitrogens is 2. The molecule has 0 aliphatic carbocycles. The van der Waals surface area contributed by atoms with Crippen LogP contribution in [0, 0.1) is 18.5 Å². The highest BCUT2D eigenvalue weighted by molar-refractivity contribution is 7.71. The minimum Gasteiger partial charge on any atom is -0.267 e.